The summed E-state index contributed by atoms with van der Waals surface area (Å²) in [6.45, 7) is 7.32. The van der Waals surface area contributed by atoms with Crippen molar-refractivity contribution in [2.75, 3.05) is 17.3 Å². The molecule has 0 saturated heterocycles. The van der Waals surface area contributed by atoms with Crippen LogP contribution >= 0.6 is 0 Å². The smallest absolute Gasteiger partial charge is 0.203 e. The number of rotatable bonds is 6. The molecule has 0 fully saturated rings. The highest BCUT2D eigenvalue weighted by Crippen LogP contribution is 2.09. The molecule has 4 nitrogen and oxygen atoms in total. The first-order valence-corrected chi connectivity index (χ1v) is 7.29. The third kappa shape index (κ3) is 4.35. The molecule has 2 unspecified atom stereocenters. The standard InChI is InChI=1S/C11H21N3OS/c1-9(2)7-14-6-5-12-11(14)13-10(3)8-16(4)15/h5-6,9-10H,7-8H2,1-4H3,(H,12,13). The molecule has 0 aliphatic carbocycles. The largest absolute Gasteiger partial charge is 0.352 e. The highest BCUT2D eigenvalue weighted by Gasteiger charge is 2.09. The zero-order chi connectivity index (χ0) is 12.1. The second-order valence-corrected chi connectivity index (χ2v) is 6.06. The molecule has 0 aliphatic heterocycles. The van der Waals surface area contributed by atoms with Crippen LogP contribution in [0.5, 0.6) is 0 Å². The van der Waals surface area contributed by atoms with E-state index in [0.29, 0.717) is 11.7 Å². The lowest BCUT2D eigenvalue weighted by Crippen LogP contribution is -2.24. The molecule has 0 saturated carbocycles. The van der Waals surface area contributed by atoms with Gasteiger partial charge in [0.2, 0.25) is 5.95 Å². The molecule has 1 N–H and O–H groups in total. The average Bonchev–Trinajstić information content (AvgIpc) is 2.50. The monoisotopic (exact) mass is 243 g/mol. The van der Waals surface area contributed by atoms with Crippen LogP contribution in [0.2, 0.25) is 0 Å². The molecule has 0 radical (unpaired) electrons. The fraction of sp³-hybridized carbons (Fsp3) is 0.727. The predicted molar refractivity (Wildman–Crippen MR) is 69.1 cm³/mol. The molecule has 1 aromatic heterocycles. The molecule has 2 atom stereocenters. The van der Waals surface area contributed by atoms with Gasteiger partial charge in [-0.05, 0) is 12.8 Å². The van der Waals surface area contributed by atoms with E-state index in [1.54, 1.807) is 12.5 Å². The molecule has 1 rings (SSSR count). The van der Waals surface area contributed by atoms with E-state index in [9.17, 15) is 4.21 Å². The van der Waals surface area contributed by atoms with Gasteiger partial charge < -0.3 is 9.88 Å². The maximum absolute atomic E-state index is 11.1. The summed E-state index contributed by atoms with van der Waals surface area (Å²) in [5, 5.41) is 3.29. The normalized spacial score (nSPS) is 15.1. The van der Waals surface area contributed by atoms with Gasteiger partial charge in [0.25, 0.3) is 0 Å². The zero-order valence-electron chi connectivity index (χ0n) is 10.4. The molecule has 1 aromatic rings. The van der Waals surface area contributed by atoms with Crippen molar-refractivity contribution >= 4 is 16.7 Å². The van der Waals surface area contributed by atoms with Crippen molar-refractivity contribution in [2.45, 2.75) is 33.4 Å². The van der Waals surface area contributed by atoms with Crippen molar-refractivity contribution < 1.29 is 4.21 Å². The third-order valence-corrected chi connectivity index (χ3v) is 3.11. The van der Waals surface area contributed by atoms with Gasteiger partial charge in [0, 0.05) is 47.8 Å². The molecule has 0 aromatic carbocycles. The number of aromatic nitrogens is 2. The zero-order valence-corrected chi connectivity index (χ0v) is 11.3. The van der Waals surface area contributed by atoms with E-state index in [2.05, 4.69) is 28.7 Å². The molecular formula is C11H21N3OS. The van der Waals surface area contributed by atoms with Gasteiger partial charge in [-0.1, -0.05) is 13.8 Å². The topological polar surface area (TPSA) is 46.9 Å². The van der Waals surface area contributed by atoms with Gasteiger partial charge in [0.15, 0.2) is 0 Å². The van der Waals surface area contributed by atoms with Crippen molar-refractivity contribution in [3.63, 3.8) is 0 Å². The Labute approximate surface area is 99.9 Å². The number of nitrogens with one attached hydrogen (secondary N) is 1. The number of nitrogens with zero attached hydrogens (tertiary/aromatic N) is 2. The first kappa shape index (κ1) is 13.2. The maximum Gasteiger partial charge on any atom is 0.203 e. The Morgan fingerprint density at radius 1 is 1.50 bits per heavy atom. The fourth-order valence-corrected chi connectivity index (χ4v) is 2.39. The van der Waals surface area contributed by atoms with E-state index in [1.165, 1.54) is 0 Å². The molecular weight excluding hydrogens is 222 g/mol. The molecule has 0 spiro atoms. The van der Waals surface area contributed by atoms with Crippen LogP contribution in [0.1, 0.15) is 20.8 Å². The highest BCUT2D eigenvalue weighted by atomic mass is 32.2. The van der Waals surface area contributed by atoms with Crippen LogP contribution < -0.4 is 5.32 Å². The van der Waals surface area contributed by atoms with Crippen LogP contribution in [0.4, 0.5) is 5.95 Å². The Morgan fingerprint density at radius 2 is 2.19 bits per heavy atom. The lowest BCUT2D eigenvalue weighted by atomic mass is 10.2. The Morgan fingerprint density at radius 3 is 2.75 bits per heavy atom. The molecule has 5 heteroatoms. The van der Waals surface area contributed by atoms with Crippen molar-refractivity contribution in [2.24, 2.45) is 5.92 Å². The lowest BCUT2D eigenvalue weighted by Gasteiger charge is -2.16. The number of hydrogen-bond acceptors (Lipinski definition) is 3. The molecule has 0 aliphatic rings. The lowest BCUT2D eigenvalue weighted by molar-refractivity contribution is 0.525. The van der Waals surface area contributed by atoms with E-state index in [1.807, 2.05) is 13.1 Å². The van der Waals surface area contributed by atoms with Crippen LogP contribution in [0.15, 0.2) is 12.4 Å². The van der Waals surface area contributed by atoms with Crippen molar-refractivity contribution in [1.82, 2.24) is 9.55 Å². The molecule has 16 heavy (non-hydrogen) atoms. The Bertz CT molecular complexity index is 349. The second kappa shape index (κ2) is 6.03. The average molecular weight is 243 g/mol. The van der Waals surface area contributed by atoms with Crippen LogP contribution in [0, 0.1) is 5.92 Å². The van der Waals surface area contributed by atoms with Gasteiger partial charge in [0.1, 0.15) is 0 Å². The number of anilines is 1. The predicted octanol–water partition coefficient (Wildman–Crippen LogP) is 1.72. The van der Waals surface area contributed by atoms with E-state index in [-0.39, 0.29) is 6.04 Å². The molecule has 0 amide bonds. The minimum atomic E-state index is -0.774. The van der Waals surface area contributed by atoms with Gasteiger partial charge in [-0.3, -0.25) is 4.21 Å². The van der Waals surface area contributed by atoms with Crippen molar-refractivity contribution in [3.8, 4) is 0 Å². The summed E-state index contributed by atoms with van der Waals surface area (Å²) in [6.07, 6.45) is 5.48. The van der Waals surface area contributed by atoms with Crippen molar-refractivity contribution in [3.05, 3.63) is 12.4 Å². The number of imidazole rings is 1. The Kier molecular flexibility index (Phi) is 4.99. The first-order valence-electron chi connectivity index (χ1n) is 5.56. The SMILES string of the molecule is CC(C)Cn1ccnc1NC(C)CS(C)=O. The summed E-state index contributed by atoms with van der Waals surface area (Å²) in [4.78, 5) is 4.27. The summed E-state index contributed by atoms with van der Waals surface area (Å²) >= 11 is 0. The van der Waals surface area contributed by atoms with Gasteiger partial charge in [-0.2, -0.15) is 0 Å². The van der Waals surface area contributed by atoms with Gasteiger partial charge >= 0.3 is 0 Å². The number of hydrogen-bond donors (Lipinski definition) is 1. The molecule has 0 bridgehead atoms. The summed E-state index contributed by atoms with van der Waals surface area (Å²) in [6, 6.07) is 0.180. The van der Waals surface area contributed by atoms with Crippen molar-refractivity contribution in [1.29, 1.82) is 0 Å². The van der Waals surface area contributed by atoms with Gasteiger partial charge in [-0.15, -0.1) is 0 Å². The minimum Gasteiger partial charge on any atom is -0.352 e. The fourth-order valence-electron chi connectivity index (χ4n) is 1.60. The second-order valence-electron chi connectivity index (χ2n) is 4.58. The van der Waals surface area contributed by atoms with Gasteiger partial charge in [0.05, 0.1) is 0 Å². The highest BCUT2D eigenvalue weighted by molar-refractivity contribution is 7.84. The maximum atomic E-state index is 11.1. The minimum absolute atomic E-state index is 0.180. The van der Waals surface area contributed by atoms with Crippen LogP contribution in [-0.2, 0) is 17.3 Å². The van der Waals surface area contributed by atoms with Crippen LogP contribution in [0.25, 0.3) is 0 Å². The van der Waals surface area contributed by atoms with E-state index in [4.69, 9.17) is 0 Å². The van der Waals surface area contributed by atoms with E-state index < -0.39 is 10.8 Å². The van der Waals surface area contributed by atoms with E-state index >= 15 is 0 Å². The summed E-state index contributed by atoms with van der Waals surface area (Å²) < 4.78 is 13.2. The molecule has 1 heterocycles. The summed E-state index contributed by atoms with van der Waals surface area (Å²) in [5.74, 6) is 2.10. The van der Waals surface area contributed by atoms with Gasteiger partial charge in [-0.25, -0.2) is 4.98 Å². The van der Waals surface area contributed by atoms with Crippen LogP contribution in [0.3, 0.4) is 0 Å². The quantitative estimate of drug-likeness (QED) is 0.827. The Balaban J connectivity index is 2.59. The van der Waals surface area contributed by atoms with Crippen LogP contribution in [-0.4, -0.2) is 31.8 Å². The van der Waals surface area contributed by atoms with E-state index in [0.717, 1.165) is 12.5 Å². The molecule has 92 valence electrons. The third-order valence-electron chi connectivity index (χ3n) is 2.14. The summed E-state index contributed by atoms with van der Waals surface area (Å²) in [5.41, 5.74) is 0. The first-order chi connectivity index (χ1) is 7.49. The Hall–Kier alpha value is -0.840. The summed E-state index contributed by atoms with van der Waals surface area (Å²) in [7, 11) is -0.774.